The van der Waals surface area contributed by atoms with E-state index in [2.05, 4.69) is 31.1 Å². The maximum atomic E-state index is 11.4. The fourth-order valence-electron chi connectivity index (χ4n) is 2.84. The summed E-state index contributed by atoms with van der Waals surface area (Å²) < 4.78 is 1.82. The molecular formula is C16H18N2O2. The molecule has 0 amide bonds. The second-order valence-electron chi connectivity index (χ2n) is 5.47. The number of nitrogens with zero attached hydrogens (tertiary/aromatic N) is 2. The zero-order valence-electron chi connectivity index (χ0n) is 11.8. The third kappa shape index (κ3) is 2.01. The molecule has 0 radical (unpaired) electrons. The average molecular weight is 270 g/mol. The first-order valence-corrected chi connectivity index (χ1v) is 6.99. The minimum atomic E-state index is -0.925. The maximum Gasteiger partial charge on any atom is 0.356 e. The molecule has 0 bridgehead atoms. The molecule has 3 rings (SSSR count). The highest BCUT2D eigenvalue weighted by atomic mass is 16.4. The van der Waals surface area contributed by atoms with Gasteiger partial charge in [0.05, 0.1) is 5.69 Å². The Morgan fingerprint density at radius 2 is 1.95 bits per heavy atom. The Labute approximate surface area is 118 Å². The van der Waals surface area contributed by atoms with Crippen LogP contribution in [0.15, 0.2) is 18.2 Å². The van der Waals surface area contributed by atoms with Crippen LogP contribution < -0.4 is 0 Å². The van der Waals surface area contributed by atoms with E-state index >= 15 is 0 Å². The Balaban J connectivity index is 2.18. The number of carbonyl (C=O) groups is 1. The molecule has 1 aliphatic carbocycles. The highest BCUT2D eigenvalue weighted by Gasteiger charge is 2.25. The van der Waals surface area contributed by atoms with E-state index in [0.29, 0.717) is 0 Å². The number of fused-ring (bicyclic) bond motifs is 1. The van der Waals surface area contributed by atoms with Crippen LogP contribution in [0, 0.1) is 13.8 Å². The number of carboxylic acid groups (broad SMARTS) is 1. The van der Waals surface area contributed by atoms with Gasteiger partial charge in [-0.05, 0) is 62.8 Å². The first kappa shape index (κ1) is 12.9. The number of aromatic carboxylic acids is 1. The van der Waals surface area contributed by atoms with Crippen LogP contribution in [0.4, 0.5) is 0 Å². The van der Waals surface area contributed by atoms with Crippen LogP contribution in [0.1, 0.15) is 45.7 Å². The van der Waals surface area contributed by atoms with Gasteiger partial charge in [0.15, 0.2) is 5.69 Å². The molecule has 1 heterocycles. The van der Waals surface area contributed by atoms with Gasteiger partial charge in [0, 0.05) is 11.3 Å². The number of aryl methyl sites for hydroxylation is 2. The van der Waals surface area contributed by atoms with Crippen LogP contribution >= 0.6 is 0 Å². The van der Waals surface area contributed by atoms with Gasteiger partial charge in [0.25, 0.3) is 0 Å². The SMILES string of the molecule is Cc1ccc(-n2nc(C(=O)O)c3c2CCCC3)cc1C. The molecular weight excluding hydrogens is 252 g/mol. The van der Waals surface area contributed by atoms with E-state index in [-0.39, 0.29) is 5.69 Å². The molecule has 2 aromatic rings. The lowest BCUT2D eigenvalue weighted by Gasteiger charge is -2.14. The Hall–Kier alpha value is -2.10. The van der Waals surface area contributed by atoms with E-state index in [1.54, 1.807) is 0 Å². The minimum absolute atomic E-state index is 0.220. The first-order chi connectivity index (χ1) is 9.58. The molecule has 4 nitrogen and oxygen atoms in total. The summed E-state index contributed by atoms with van der Waals surface area (Å²) >= 11 is 0. The lowest BCUT2D eigenvalue weighted by Crippen LogP contribution is -2.08. The van der Waals surface area contributed by atoms with E-state index in [9.17, 15) is 9.90 Å². The molecule has 1 aromatic carbocycles. The Bertz CT molecular complexity index is 686. The van der Waals surface area contributed by atoms with Gasteiger partial charge in [-0.2, -0.15) is 5.10 Å². The number of aromatic nitrogens is 2. The summed E-state index contributed by atoms with van der Waals surface area (Å²) in [7, 11) is 0. The van der Waals surface area contributed by atoms with Crippen molar-refractivity contribution in [3.63, 3.8) is 0 Å². The maximum absolute atomic E-state index is 11.4. The summed E-state index contributed by atoms with van der Waals surface area (Å²) in [6.07, 6.45) is 3.87. The van der Waals surface area contributed by atoms with Crippen molar-refractivity contribution in [3.8, 4) is 5.69 Å². The third-order valence-electron chi connectivity index (χ3n) is 4.12. The normalized spacial score (nSPS) is 14.1. The van der Waals surface area contributed by atoms with Gasteiger partial charge in [-0.25, -0.2) is 9.48 Å². The van der Waals surface area contributed by atoms with E-state index in [0.717, 1.165) is 42.6 Å². The predicted octanol–water partition coefficient (Wildman–Crippen LogP) is 3.07. The fraction of sp³-hybridized carbons (Fsp3) is 0.375. The number of hydrogen-bond acceptors (Lipinski definition) is 2. The number of benzene rings is 1. The van der Waals surface area contributed by atoms with Gasteiger partial charge in [-0.1, -0.05) is 6.07 Å². The van der Waals surface area contributed by atoms with Crippen LogP contribution in [0.2, 0.25) is 0 Å². The molecule has 1 N–H and O–H groups in total. The quantitative estimate of drug-likeness (QED) is 0.912. The van der Waals surface area contributed by atoms with Crippen molar-refractivity contribution >= 4 is 5.97 Å². The highest BCUT2D eigenvalue weighted by Crippen LogP contribution is 2.27. The van der Waals surface area contributed by atoms with Gasteiger partial charge >= 0.3 is 5.97 Å². The van der Waals surface area contributed by atoms with Crippen LogP contribution in [-0.2, 0) is 12.8 Å². The van der Waals surface area contributed by atoms with E-state index < -0.39 is 5.97 Å². The van der Waals surface area contributed by atoms with Crippen molar-refractivity contribution < 1.29 is 9.90 Å². The minimum Gasteiger partial charge on any atom is -0.476 e. The first-order valence-electron chi connectivity index (χ1n) is 6.99. The van der Waals surface area contributed by atoms with Crippen molar-refractivity contribution in [3.05, 3.63) is 46.3 Å². The molecule has 0 saturated heterocycles. The topological polar surface area (TPSA) is 55.1 Å². The summed E-state index contributed by atoms with van der Waals surface area (Å²) in [4.78, 5) is 11.4. The standard InChI is InChI=1S/C16H18N2O2/c1-10-7-8-12(9-11(10)2)18-14-6-4-3-5-13(14)15(17-18)16(19)20/h7-9H,3-6H2,1-2H3,(H,19,20). The van der Waals surface area contributed by atoms with Crippen molar-refractivity contribution in [2.24, 2.45) is 0 Å². The van der Waals surface area contributed by atoms with Gasteiger partial charge in [0.2, 0.25) is 0 Å². The Morgan fingerprint density at radius 1 is 1.20 bits per heavy atom. The lowest BCUT2D eigenvalue weighted by molar-refractivity contribution is 0.0688. The zero-order chi connectivity index (χ0) is 14.3. The molecule has 4 heteroatoms. The van der Waals surface area contributed by atoms with Crippen LogP contribution in [0.25, 0.3) is 5.69 Å². The van der Waals surface area contributed by atoms with Crippen molar-refractivity contribution in [1.29, 1.82) is 0 Å². The van der Waals surface area contributed by atoms with Crippen LogP contribution in [-0.4, -0.2) is 20.9 Å². The second-order valence-corrected chi connectivity index (χ2v) is 5.47. The fourth-order valence-corrected chi connectivity index (χ4v) is 2.84. The summed E-state index contributed by atoms with van der Waals surface area (Å²) in [5.74, 6) is -0.925. The highest BCUT2D eigenvalue weighted by molar-refractivity contribution is 5.87. The van der Waals surface area contributed by atoms with Gasteiger partial charge in [0.1, 0.15) is 0 Å². The number of carboxylic acids is 1. The summed E-state index contributed by atoms with van der Waals surface area (Å²) in [6, 6.07) is 6.14. The van der Waals surface area contributed by atoms with E-state index in [1.165, 1.54) is 11.1 Å². The predicted molar refractivity (Wildman–Crippen MR) is 76.6 cm³/mol. The number of rotatable bonds is 2. The molecule has 104 valence electrons. The second kappa shape index (κ2) is 4.78. The van der Waals surface area contributed by atoms with Crippen molar-refractivity contribution in [1.82, 2.24) is 9.78 Å². The molecule has 0 saturated carbocycles. The summed E-state index contributed by atoms with van der Waals surface area (Å²) in [5.41, 5.74) is 5.59. The van der Waals surface area contributed by atoms with Crippen LogP contribution in [0.3, 0.4) is 0 Å². The molecule has 0 atom stereocenters. The lowest BCUT2D eigenvalue weighted by atomic mass is 9.95. The average Bonchev–Trinajstić information content (AvgIpc) is 2.82. The summed E-state index contributed by atoms with van der Waals surface area (Å²) in [5, 5.41) is 13.7. The van der Waals surface area contributed by atoms with Gasteiger partial charge < -0.3 is 5.11 Å². The van der Waals surface area contributed by atoms with E-state index in [4.69, 9.17) is 0 Å². The smallest absolute Gasteiger partial charge is 0.356 e. The Kier molecular flexibility index (Phi) is 3.08. The van der Waals surface area contributed by atoms with Gasteiger partial charge in [-0.3, -0.25) is 0 Å². The molecule has 20 heavy (non-hydrogen) atoms. The molecule has 1 aromatic heterocycles. The molecule has 0 unspecified atom stereocenters. The third-order valence-corrected chi connectivity index (χ3v) is 4.12. The monoisotopic (exact) mass is 270 g/mol. The zero-order valence-corrected chi connectivity index (χ0v) is 11.8. The van der Waals surface area contributed by atoms with E-state index in [1.807, 2.05) is 10.7 Å². The molecule has 0 spiro atoms. The molecule has 1 aliphatic rings. The molecule has 0 aliphatic heterocycles. The number of hydrogen-bond donors (Lipinski definition) is 1. The van der Waals surface area contributed by atoms with Crippen molar-refractivity contribution in [2.45, 2.75) is 39.5 Å². The van der Waals surface area contributed by atoms with Crippen LogP contribution in [0.5, 0.6) is 0 Å². The Morgan fingerprint density at radius 3 is 2.65 bits per heavy atom. The summed E-state index contributed by atoms with van der Waals surface area (Å²) in [6.45, 7) is 4.13. The van der Waals surface area contributed by atoms with Crippen molar-refractivity contribution in [2.75, 3.05) is 0 Å². The van der Waals surface area contributed by atoms with Gasteiger partial charge in [-0.15, -0.1) is 0 Å². The largest absolute Gasteiger partial charge is 0.476 e. The molecule has 0 fully saturated rings.